The van der Waals surface area contributed by atoms with Crippen molar-refractivity contribution in [3.63, 3.8) is 0 Å². The Morgan fingerprint density at radius 2 is 1.68 bits per heavy atom. The molecule has 5 heterocycles. The monoisotopic (exact) mass is 1010 g/mol. The molecule has 2 aromatic heterocycles. The molecule has 16 nitrogen and oxygen atoms in total. The molecule has 6 aromatic rings. The number of anilines is 2. The van der Waals surface area contributed by atoms with Crippen LogP contribution in [0.3, 0.4) is 0 Å². The largest absolute Gasteiger partial charge is 0.497 e. The lowest BCUT2D eigenvalue weighted by Crippen LogP contribution is -2.60. The molecule has 4 aliphatic rings. The number of nitro groups is 1. The fraction of sp³-hybridized carbons (Fsp3) is 0.429. The van der Waals surface area contributed by atoms with E-state index in [-0.39, 0.29) is 28.1 Å². The van der Waals surface area contributed by atoms with Gasteiger partial charge in [-0.3, -0.25) is 24.7 Å². The standard InChI is InChI=1S/C56H67N9O7S/c1-38(2)47-7-5-6-8-48(47)52-37-62(36-40-9-12-44(71-4)13-10-40)27-28-64(52)43-32-56(33-43)20-25-63(26-21-56)42-11-15-49(53(30-42)72-45-29-41-17-22-57-54(41)59-35-45)55(66)60-73(69,70)46-14-16-50(51(31-46)65(67)68)58-34-39-18-23-61(3)24-19-39/h5-17,22,29-31,35,38-39,43,52,58H,18-21,23-28,32-34,36-37H2,1-4H3,(H,57,59)(H,60,66)/t52-/m0/s1. The number of hydrogen-bond donors (Lipinski definition) is 3. The number of methoxy groups -OCH3 is 1. The molecule has 3 saturated heterocycles. The van der Waals surface area contributed by atoms with Crippen molar-refractivity contribution in [3.8, 4) is 17.2 Å². The van der Waals surface area contributed by atoms with E-state index < -0.39 is 25.7 Å². The molecular formula is C56H67N9O7S. The summed E-state index contributed by atoms with van der Waals surface area (Å²) < 4.78 is 41.7. The molecule has 1 saturated carbocycles. The van der Waals surface area contributed by atoms with E-state index in [4.69, 9.17) is 9.47 Å². The Morgan fingerprint density at radius 3 is 2.42 bits per heavy atom. The summed E-state index contributed by atoms with van der Waals surface area (Å²) in [6.45, 7) is 12.5. The molecule has 1 amide bonds. The van der Waals surface area contributed by atoms with Gasteiger partial charge in [0.05, 0.1) is 28.7 Å². The lowest BCUT2D eigenvalue weighted by molar-refractivity contribution is -0.384. The van der Waals surface area contributed by atoms with Crippen LogP contribution >= 0.6 is 0 Å². The lowest BCUT2D eigenvalue weighted by Gasteiger charge is -2.58. The fourth-order valence-electron chi connectivity index (χ4n) is 11.7. The zero-order valence-corrected chi connectivity index (χ0v) is 43.1. The van der Waals surface area contributed by atoms with E-state index in [2.05, 4.69) is 96.9 Å². The highest BCUT2D eigenvalue weighted by Crippen LogP contribution is 2.53. The van der Waals surface area contributed by atoms with Crippen LogP contribution in [0.2, 0.25) is 0 Å². The first kappa shape index (κ1) is 50.0. The third-order valence-electron chi connectivity index (χ3n) is 16.0. The Kier molecular flexibility index (Phi) is 14.5. The van der Waals surface area contributed by atoms with Gasteiger partial charge in [-0.2, -0.15) is 0 Å². The number of ether oxygens (including phenoxy) is 2. The van der Waals surface area contributed by atoms with Gasteiger partial charge in [0.15, 0.2) is 0 Å². The van der Waals surface area contributed by atoms with Crippen LogP contribution in [-0.2, 0) is 16.6 Å². The summed E-state index contributed by atoms with van der Waals surface area (Å²) in [7, 11) is -0.785. The second-order valence-corrected chi connectivity index (χ2v) is 22.7. The van der Waals surface area contributed by atoms with Crippen LogP contribution < -0.4 is 24.4 Å². The summed E-state index contributed by atoms with van der Waals surface area (Å²) in [6, 6.07) is 30.8. The van der Waals surface area contributed by atoms with Crippen molar-refractivity contribution in [3.05, 3.63) is 142 Å². The average Bonchev–Trinajstić information content (AvgIpc) is 3.86. The summed E-state index contributed by atoms with van der Waals surface area (Å²) in [5.74, 6) is 1.23. The molecule has 1 spiro atoms. The number of nitrogens with one attached hydrogen (secondary N) is 3. The first-order valence-electron chi connectivity index (χ1n) is 25.7. The molecular weight excluding hydrogens is 943 g/mol. The predicted molar refractivity (Wildman–Crippen MR) is 284 cm³/mol. The number of sulfonamides is 1. The topological polar surface area (TPSA) is 179 Å². The zero-order chi connectivity index (χ0) is 50.9. The second-order valence-electron chi connectivity index (χ2n) is 21.0. The number of piperidine rings is 2. The number of nitrogens with zero attached hydrogens (tertiary/aromatic N) is 6. The van der Waals surface area contributed by atoms with Crippen molar-refractivity contribution in [2.75, 3.05) is 76.7 Å². The van der Waals surface area contributed by atoms with Crippen LogP contribution in [0.4, 0.5) is 17.1 Å². The third-order valence-corrected chi connectivity index (χ3v) is 17.3. The maximum Gasteiger partial charge on any atom is 0.293 e. The van der Waals surface area contributed by atoms with Gasteiger partial charge in [0, 0.05) is 87.3 Å². The number of pyridine rings is 1. The van der Waals surface area contributed by atoms with E-state index in [9.17, 15) is 23.3 Å². The number of rotatable bonds is 16. The van der Waals surface area contributed by atoms with Crippen LogP contribution in [0.1, 0.15) is 91.4 Å². The van der Waals surface area contributed by atoms with E-state index in [0.29, 0.717) is 41.9 Å². The van der Waals surface area contributed by atoms with E-state index in [1.54, 1.807) is 37.7 Å². The van der Waals surface area contributed by atoms with Gasteiger partial charge in [0.2, 0.25) is 0 Å². The number of amides is 1. The summed E-state index contributed by atoms with van der Waals surface area (Å²) in [5.41, 5.74) is 5.74. The Labute approximate surface area is 428 Å². The number of benzene rings is 4. The number of aromatic amines is 1. The number of likely N-dealkylation sites (tertiary alicyclic amines) is 1. The van der Waals surface area contributed by atoms with Crippen LogP contribution in [0.15, 0.2) is 114 Å². The molecule has 1 aliphatic carbocycles. The van der Waals surface area contributed by atoms with Gasteiger partial charge >= 0.3 is 0 Å². The number of aromatic nitrogens is 2. The molecule has 384 valence electrons. The Balaban J connectivity index is 0.832. The lowest BCUT2D eigenvalue weighted by atomic mass is 9.59. The van der Waals surface area contributed by atoms with Gasteiger partial charge in [-0.15, -0.1) is 0 Å². The summed E-state index contributed by atoms with van der Waals surface area (Å²) in [4.78, 5) is 42.8. The summed E-state index contributed by atoms with van der Waals surface area (Å²) in [5, 5.41) is 16.2. The number of hydrogen-bond acceptors (Lipinski definition) is 13. The fourth-order valence-corrected chi connectivity index (χ4v) is 12.7. The SMILES string of the molecule is COc1ccc(CN2CCN(C3CC4(CCN(c5ccc(C(=O)NS(=O)(=O)c6ccc(NCC7CCN(C)CC7)c([N+](=O)[O-])c6)c(Oc6cnc7[nH]ccc7c6)c5)CC4)C3)[C@H](c3ccccc3C(C)C)C2)cc1. The highest BCUT2D eigenvalue weighted by molar-refractivity contribution is 7.90. The van der Waals surface area contributed by atoms with E-state index in [0.717, 1.165) is 114 Å². The molecule has 4 aromatic carbocycles. The molecule has 10 rings (SSSR count). The maximum atomic E-state index is 14.1. The Bertz CT molecular complexity index is 3050. The molecule has 0 unspecified atom stereocenters. The number of piperazine rings is 1. The number of fused-ring (bicyclic) bond motifs is 1. The summed E-state index contributed by atoms with van der Waals surface area (Å²) >= 11 is 0. The zero-order valence-electron chi connectivity index (χ0n) is 42.3. The minimum atomic E-state index is -4.56. The molecule has 3 N–H and O–H groups in total. The molecule has 73 heavy (non-hydrogen) atoms. The number of H-pyrrole nitrogens is 1. The summed E-state index contributed by atoms with van der Waals surface area (Å²) in [6.07, 6.45) is 9.60. The van der Waals surface area contributed by atoms with Gasteiger partial charge in [-0.1, -0.05) is 50.2 Å². The normalized spacial score (nSPS) is 19.2. The highest BCUT2D eigenvalue weighted by Gasteiger charge is 2.50. The van der Waals surface area contributed by atoms with E-state index >= 15 is 0 Å². The predicted octanol–water partition coefficient (Wildman–Crippen LogP) is 9.58. The average molecular weight is 1010 g/mol. The van der Waals surface area contributed by atoms with E-state index in [1.807, 2.05) is 24.3 Å². The molecule has 1 atom stereocenters. The molecule has 17 heteroatoms. The van der Waals surface area contributed by atoms with Gasteiger partial charge in [0.1, 0.15) is 28.6 Å². The van der Waals surface area contributed by atoms with Gasteiger partial charge in [-0.25, -0.2) is 18.1 Å². The van der Waals surface area contributed by atoms with Gasteiger partial charge in [0.25, 0.3) is 21.6 Å². The van der Waals surface area contributed by atoms with Gasteiger partial charge < -0.3 is 29.6 Å². The van der Waals surface area contributed by atoms with Gasteiger partial charge in [-0.05, 0) is 141 Å². The molecule has 4 fully saturated rings. The quantitative estimate of drug-likeness (QED) is 0.0617. The van der Waals surface area contributed by atoms with Crippen molar-refractivity contribution < 1.29 is 27.6 Å². The van der Waals surface area contributed by atoms with E-state index in [1.165, 1.54) is 28.8 Å². The molecule has 0 radical (unpaired) electrons. The third kappa shape index (κ3) is 11.1. The van der Waals surface area contributed by atoms with Crippen LogP contribution in [0.5, 0.6) is 17.2 Å². The second kappa shape index (κ2) is 21.1. The van der Waals surface area contributed by atoms with Crippen molar-refractivity contribution >= 4 is 44.0 Å². The van der Waals surface area contributed by atoms with Crippen molar-refractivity contribution in [1.29, 1.82) is 0 Å². The van der Waals surface area contributed by atoms with Crippen LogP contribution in [0, 0.1) is 21.4 Å². The Morgan fingerprint density at radius 1 is 0.918 bits per heavy atom. The first-order chi connectivity index (χ1) is 35.2. The van der Waals surface area contributed by atoms with Crippen molar-refractivity contribution in [1.82, 2.24) is 29.4 Å². The minimum Gasteiger partial charge on any atom is -0.497 e. The molecule has 3 aliphatic heterocycles. The highest BCUT2D eigenvalue weighted by atomic mass is 32.2. The Hall–Kier alpha value is -6.53. The molecule has 0 bridgehead atoms. The smallest absolute Gasteiger partial charge is 0.293 e. The van der Waals surface area contributed by atoms with Crippen molar-refractivity contribution in [2.45, 2.75) is 81.8 Å². The minimum absolute atomic E-state index is 0.0135. The number of carbonyl (C=O) groups excluding carboxylic acids is 1. The number of nitro benzene ring substituents is 1. The maximum absolute atomic E-state index is 14.1. The van der Waals surface area contributed by atoms with Crippen molar-refractivity contribution in [2.24, 2.45) is 11.3 Å². The van der Waals surface area contributed by atoms with Crippen LogP contribution in [-0.4, -0.2) is 116 Å². The number of carbonyl (C=O) groups is 1. The first-order valence-corrected chi connectivity index (χ1v) is 27.2. The van der Waals surface area contributed by atoms with Crippen LogP contribution in [0.25, 0.3) is 11.0 Å².